The van der Waals surface area contributed by atoms with E-state index in [0.29, 0.717) is 0 Å². The fourth-order valence-electron chi connectivity index (χ4n) is 1.15. The quantitative estimate of drug-likeness (QED) is 0.799. The van der Waals surface area contributed by atoms with Gasteiger partial charge in [-0.2, -0.15) is 0 Å². The number of rotatable bonds is 4. The average Bonchev–Trinajstić information content (AvgIpc) is 2.28. The molecule has 0 spiro atoms. The van der Waals surface area contributed by atoms with Gasteiger partial charge in [-0.25, -0.2) is 18.6 Å². The lowest BCUT2D eigenvalue weighted by Crippen LogP contribution is -2.11. The van der Waals surface area contributed by atoms with Gasteiger partial charge in [0.1, 0.15) is 5.69 Å². The summed E-state index contributed by atoms with van der Waals surface area (Å²) in [6.45, 7) is 1.78. The monoisotopic (exact) mass is 230 g/mol. The van der Waals surface area contributed by atoms with Crippen molar-refractivity contribution >= 4 is 5.97 Å². The second kappa shape index (κ2) is 5.50. The lowest BCUT2D eigenvalue weighted by molar-refractivity contribution is 0.0518. The zero-order valence-electron chi connectivity index (χ0n) is 8.74. The molecule has 1 aromatic heterocycles. The minimum atomic E-state index is -2.67. The van der Waals surface area contributed by atoms with Gasteiger partial charge in [0.05, 0.1) is 12.3 Å². The van der Waals surface area contributed by atoms with Gasteiger partial charge in [0.25, 0.3) is 6.43 Å². The standard InChI is InChI=1S/C10H12F2N2O2/c1-2-16-10(15)8-4-6(9(11)12)3-7(5-13)14-8/h3-4,9H,2,5,13H2,1H3. The van der Waals surface area contributed by atoms with Crippen LogP contribution >= 0.6 is 0 Å². The van der Waals surface area contributed by atoms with Crippen LogP contribution in [0.1, 0.15) is 35.1 Å². The van der Waals surface area contributed by atoms with Crippen molar-refractivity contribution in [1.29, 1.82) is 0 Å². The van der Waals surface area contributed by atoms with E-state index in [9.17, 15) is 13.6 Å². The first kappa shape index (κ1) is 12.5. The van der Waals surface area contributed by atoms with Gasteiger partial charge in [-0.15, -0.1) is 0 Å². The van der Waals surface area contributed by atoms with Crippen LogP contribution in [0.5, 0.6) is 0 Å². The molecule has 16 heavy (non-hydrogen) atoms. The fraction of sp³-hybridized carbons (Fsp3) is 0.400. The molecule has 0 aliphatic rings. The van der Waals surface area contributed by atoms with Gasteiger partial charge >= 0.3 is 5.97 Å². The molecule has 1 aromatic rings. The van der Waals surface area contributed by atoms with Crippen LogP contribution in [0.2, 0.25) is 0 Å². The van der Waals surface area contributed by atoms with Gasteiger partial charge in [-0.1, -0.05) is 0 Å². The Labute approximate surface area is 91.4 Å². The molecule has 0 fully saturated rings. The van der Waals surface area contributed by atoms with Crippen molar-refractivity contribution in [2.45, 2.75) is 19.9 Å². The Morgan fingerprint density at radius 1 is 1.56 bits per heavy atom. The van der Waals surface area contributed by atoms with E-state index in [2.05, 4.69) is 9.72 Å². The van der Waals surface area contributed by atoms with Crippen LogP contribution in [-0.2, 0) is 11.3 Å². The van der Waals surface area contributed by atoms with E-state index >= 15 is 0 Å². The fourth-order valence-corrected chi connectivity index (χ4v) is 1.15. The lowest BCUT2D eigenvalue weighted by Gasteiger charge is -2.06. The molecule has 0 atom stereocenters. The molecule has 4 nitrogen and oxygen atoms in total. The molecule has 0 unspecified atom stereocenters. The number of pyridine rings is 1. The molecule has 1 rings (SSSR count). The van der Waals surface area contributed by atoms with E-state index in [1.54, 1.807) is 6.92 Å². The first-order chi connectivity index (χ1) is 7.58. The van der Waals surface area contributed by atoms with Gasteiger partial charge in [0.15, 0.2) is 0 Å². The third-order valence-corrected chi connectivity index (χ3v) is 1.85. The third kappa shape index (κ3) is 2.96. The second-order valence-corrected chi connectivity index (χ2v) is 3.00. The van der Waals surface area contributed by atoms with Crippen molar-refractivity contribution in [3.8, 4) is 0 Å². The van der Waals surface area contributed by atoms with Crippen molar-refractivity contribution in [2.75, 3.05) is 6.61 Å². The number of hydrogen-bond acceptors (Lipinski definition) is 4. The summed E-state index contributed by atoms with van der Waals surface area (Å²) >= 11 is 0. The molecule has 0 bridgehead atoms. The Balaban J connectivity index is 3.08. The molecule has 0 saturated carbocycles. The number of hydrogen-bond donors (Lipinski definition) is 1. The predicted molar refractivity (Wildman–Crippen MR) is 53.0 cm³/mol. The Morgan fingerprint density at radius 3 is 2.75 bits per heavy atom. The second-order valence-electron chi connectivity index (χ2n) is 3.00. The first-order valence-electron chi connectivity index (χ1n) is 4.74. The number of carbonyl (C=O) groups excluding carboxylic acids is 1. The van der Waals surface area contributed by atoms with Crippen molar-refractivity contribution in [2.24, 2.45) is 5.73 Å². The summed E-state index contributed by atoms with van der Waals surface area (Å²) in [6.07, 6.45) is -2.67. The molecule has 88 valence electrons. The minimum Gasteiger partial charge on any atom is -0.461 e. The Kier molecular flexibility index (Phi) is 4.30. The summed E-state index contributed by atoms with van der Waals surface area (Å²) in [6, 6.07) is 2.19. The summed E-state index contributed by atoms with van der Waals surface area (Å²) in [7, 11) is 0. The summed E-state index contributed by atoms with van der Waals surface area (Å²) in [5, 5.41) is 0. The van der Waals surface area contributed by atoms with Crippen LogP contribution in [0.15, 0.2) is 12.1 Å². The molecule has 0 saturated heterocycles. The third-order valence-electron chi connectivity index (χ3n) is 1.85. The minimum absolute atomic E-state index is 0.00698. The number of aromatic nitrogens is 1. The summed E-state index contributed by atoms with van der Waals surface area (Å²) in [4.78, 5) is 15.1. The number of carbonyl (C=O) groups is 1. The first-order valence-corrected chi connectivity index (χ1v) is 4.74. The largest absolute Gasteiger partial charge is 0.461 e. The maximum absolute atomic E-state index is 12.5. The number of halogens is 2. The smallest absolute Gasteiger partial charge is 0.356 e. The highest BCUT2D eigenvalue weighted by Gasteiger charge is 2.15. The molecule has 0 aliphatic heterocycles. The molecule has 0 radical (unpaired) electrons. The summed E-state index contributed by atoms with van der Waals surface area (Å²) in [5.74, 6) is -0.722. The number of nitrogens with zero attached hydrogens (tertiary/aromatic N) is 1. The Hall–Kier alpha value is -1.56. The van der Waals surface area contributed by atoms with Gasteiger partial charge in [0, 0.05) is 12.1 Å². The van der Waals surface area contributed by atoms with Crippen LogP contribution in [0, 0.1) is 0 Å². The van der Waals surface area contributed by atoms with E-state index in [4.69, 9.17) is 5.73 Å². The normalized spacial score (nSPS) is 10.6. The van der Waals surface area contributed by atoms with E-state index in [1.807, 2.05) is 0 Å². The van der Waals surface area contributed by atoms with Crippen LogP contribution in [0.4, 0.5) is 8.78 Å². The van der Waals surface area contributed by atoms with Gasteiger partial charge in [-0.3, -0.25) is 0 Å². The highest BCUT2D eigenvalue weighted by Crippen LogP contribution is 2.20. The van der Waals surface area contributed by atoms with Crippen LogP contribution in [-0.4, -0.2) is 17.6 Å². The maximum Gasteiger partial charge on any atom is 0.356 e. The van der Waals surface area contributed by atoms with Crippen molar-refractivity contribution in [3.63, 3.8) is 0 Å². The van der Waals surface area contributed by atoms with Gasteiger partial charge in [0.2, 0.25) is 0 Å². The van der Waals surface area contributed by atoms with Crippen LogP contribution < -0.4 is 5.73 Å². The van der Waals surface area contributed by atoms with Crippen molar-refractivity contribution in [3.05, 3.63) is 29.1 Å². The van der Waals surface area contributed by atoms with Gasteiger partial charge < -0.3 is 10.5 Å². The molecular weight excluding hydrogens is 218 g/mol. The lowest BCUT2D eigenvalue weighted by atomic mass is 10.2. The Morgan fingerprint density at radius 2 is 2.25 bits per heavy atom. The van der Waals surface area contributed by atoms with E-state index < -0.39 is 12.4 Å². The number of nitrogens with two attached hydrogens (primary N) is 1. The predicted octanol–water partition coefficient (Wildman–Crippen LogP) is 1.65. The molecule has 1 heterocycles. The van der Waals surface area contributed by atoms with E-state index in [0.717, 1.165) is 6.07 Å². The van der Waals surface area contributed by atoms with Gasteiger partial charge in [-0.05, 0) is 19.1 Å². The molecule has 0 aromatic carbocycles. The summed E-state index contributed by atoms with van der Waals surface area (Å²) in [5.41, 5.74) is 5.12. The van der Waals surface area contributed by atoms with Crippen molar-refractivity contribution in [1.82, 2.24) is 4.98 Å². The number of ether oxygens (including phenoxy) is 1. The average molecular weight is 230 g/mol. The van der Waals surface area contributed by atoms with Crippen LogP contribution in [0.3, 0.4) is 0 Å². The topological polar surface area (TPSA) is 65.2 Å². The summed E-state index contributed by atoms with van der Waals surface area (Å²) < 4.78 is 29.7. The maximum atomic E-state index is 12.5. The highest BCUT2D eigenvalue weighted by atomic mass is 19.3. The zero-order chi connectivity index (χ0) is 12.1. The number of esters is 1. The van der Waals surface area contributed by atoms with E-state index in [-0.39, 0.29) is 30.1 Å². The molecule has 0 aliphatic carbocycles. The van der Waals surface area contributed by atoms with Crippen molar-refractivity contribution < 1.29 is 18.3 Å². The number of alkyl halides is 2. The molecule has 2 N–H and O–H groups in total. The molecular formula is C10H12F2N2O2. The molecule has 0 amide bonds. The zero-order valence-corrected chi connectivity index (χ0v) is 8.74. The Bertz CT molecular complexity index is 383. The highest BCUT2D eigenvalue weighted by molar-refractivity contribution is 5.87. The van der Waals surface area contributed by atoms with Crippen LogP contribution in [0.25, 0.3) is 0 Å². The molecule has 6 heteroatoms. The SMILES string of the molecule is CCOC(=O)c1cc(C(F)F)cc(CN)n1. The van der Waals surface area contributed by atoms with E-state index in [1.165, 1.54) is 6.07 Å².